The fourth-order valence-corrected chi connectivity index (χ4v) is 4.21. The van der Waals surface area contributed by atoms with E-state index in [1.807, 2.05) is 13.8 Å². The molecule has 11 heteroatoms. The number of aryl methyl sites for hydroxylation is 1. The Morgan fingerprint density at radius 3 is 2.18 bits per heavy atom. The summed E-state index contributed by atoms with van der Waals surface area (Å²) >= 11 is 1.25. The van der Waals surface area contributed by atoms with E-state index in [9.17, 15) is 19.2 Å². The first-order valence-corrected chi connectivity index (χ1v) is 11.3. The van der Waals surface area contributed by atoms with Gasteiger partial charge < -0.3 is 29.6 Å². The zero-order chi connectivity index (χ0) is 25.3. The van der Waals surface area contributed by atoms with Crippen LogP contribution in [0.3, 0.4) is 0 Å². The number of nitrogens with one attached hydrogen (secondary N) is 2. The summed E-state index contributed by atoms with van der Waals surface area (Å²) in [6.07, 6.45) is 0.597. The molecular formula is C23H28N2O8S. The van der Waals surface area contributed by atoms with Crippen LogP contribution in [0.25, 0.3) is 0 Å². The van der Waals surface area contributed by atoms with Crippen LogP contribution < -0.4 is 20.1 Å². The number of anilines is 1. The van der Waals surface area contributed by atoms with Gasteiger partial charge in [-0.3, -0.25) is 14.4 Å². The Hall–Kier alpha value is -3.60. The Kier molecular flexibility index (Phi) is 9.87. The Labute approximate surface area is 201 Å². The summed E-state index contributed by atoms with van der Waals surface area (Å²) in [6, 6.07) is 4.59. The van der Waals surface area contributed by atoms with E-state index in [0.717, 1.165) is 10.4 Å². The van der Waals surface area contributed by atoms with Gasteiger partial charge in [-0.1, -0.05) is 6.92 Å². The Balaban J connectivity index is 1.92. The van der Waals surface area contributed by atoms with Crippen molar-refractivity contribution in [3.05, 3.63) is 39.8 Å². The third-order valence-corrected chi connectivity index (χ3v) is 5.73. The zero-order valence-electron chi connectivity index (χ0n) is 19.7. The number of amides is 2. The maximum absolute atomic E-state index is 12.3. The van der Waals surface area contributed by atoms with Crippen molar-refractivity contribution in [2.75, 3.05) is 39.3 Å². The van der Waals surface area contributed by atoms with Crippen LogP contribution in [0.5, 0.6) is 11.5 Å². The van der Waals surface area contributed by atoms with E-state index < -0.39 is 36.9 Å². The smallest absolute Gasteiger partial charge is 0.341 e. The first-order valence-electron chi connectivity index (χ1n) is 10.5. The fourth-order valence-electron chi connectivity index (χ4n) is 3.06. The summed E-state index contributed by atoms with van der Waals surface area (Å²) in [5.74, 6) is -1.65. The van der Waals surface area contributed by atoms with Crippen molar-refractivity contribution >= 4 is 40.1 Å². The van der Waals surface area contributed by atoms with Crippen molar-refractivity contribution in [2.24, 2.45) is 0 Å². The lowest BCUT2D eigenvalue weighted by Crippen LogP contribution is -2.32. The number of thiophene rings is 1. The van der Waals surface area contributed by atoms with Gasteiger partial charge in [0.2, 0.25) is 0 Å². The number of hydrogen-bond acceptors (Lipinski definition) is 9. The predicted octanol–water partition coefficient (Wildman–Crippen LogP) is 2.72. The molecule has 0 aliphatic rings. The van der Waals surface area contributed by atoms with Crippen LogP contribution in [-0.4, -0.2) is 57.7 Å². The molecule has 1 aromatic carbocycles. The van der Waals surface area contributed by atoms with Gasteiger partial charge >= 0.3 is 11.9 Å². The summed E-state index contributed by atoms with van der Waals surface area (Å²) in [5, 5.41) is 5.36. The molecule has 0 bridgehead atoms. The number of carbonyl (C=O) groups excluding carboxylic acids is 4. The van der Waals surface area contributed by atoms with Gasteiger partial charge in [0, 0.05) is 16.5 Å². The van der Waals surface area contributed by atoms with E-state index in [-0.39, 0.29) is 12.2 Å². The quantitative estimate of drug-likeness (QED) is 0.458. The first kappa shape index (κ1) is 26.7. The van der Waals surface area contributed by atoms with E-state index in [0.29, 0.717) is 28.5 Å². The highest BCUT2D eigenvalue weighted by Crippen LogP contribution is 2.34. The number of methoxy groups -OCH3 is 2. The molecule has 0 fully saturated rings. The van der Waals surface area contributed by atoms with Crippen LogP contribution in [-0.2, 0) is 25.5 Å². The van der Waals surface area contributed by atoms with Crippen molar-refractivity contribution in [2.45, 2.75) is 27.2 Å². The molecule has 0 saturated heterocycles. The molecule has 0 radical (unpaired) electrons. The fraction of sp³-hybridized carbons (Fsp3) is 0.391. The summed E-state index contributed by atoms with van der Waals surface area (Å²) in [7, 11) is 2.91. The number of ether oxygens (including phenoxy) is 4. The average Bonchev–Trinajstić information content (AvgIpc) is 3.15. The van der Waals surface area contributed by atoms with Crippen molar-refractivity contribution in [1.29, 1.82) is 0 Å². The number of hydrogen-bond donors (Lipinski definition) is 2. The minimum atomic E-state index is -0.805. The lowest BCUT2D eigenvalue weighted by atomic mass is 10.1. The maximum Gasteiger partial charge on any atom is 0.341 e. The SMILES string of the molecule is CCOC(=O)c1c(NC(=O)COC(=O)CNC(=O)c2cc(OC)cc(OC)c2)sc(C)c1CC. The molecular weight excluding hydrogens is 464 g/mol. The molecule has 2 amide bonds. The van der Waals surface area contributed by atoms with E-state index in [4.69, 9.17) is 18.9 Å². The van der Waals surface area contributed by atoms with Crippen molar-refractivity contribution < 1.29 is 38.1 Å². The van der Waals surface area contributed by atoms with Crippen LogP contribution in [0.4, 0.5) is 5.00 Å². The largest absolute Gasteiger partial charge is 0.497 e. The second-order valence-electron chi connectivity index (χ2n) is 6.91. The molecule has 1 heterocycles. The minimum absolute atomic E-state index is 0.205. The van der Waals surface area contributed by atoms with Crippen LogP contribution in [0.1, 0.15) is 45.0 Å². The van der Waals surface area contributed by atoms with Crippen molar-refractivity contribution in [1.82, 2.24) is 5.32 Å². The summed E-state index contributed by atoms with van der Waals surface area (Å²) < 4.78 is 20.3. The molecule has 34 heavy (non-hydrogen) atoms. The van der Waals surface area contributed by atoms with Crippen LogP contribution in [0.2, 0.25) is 0 Å². The summed E-state index contributed by atoms with van der Waals surface area (Å²) in [5.41, 5.74) is 1.34. The van der Waals surface area contributed by atoms with Crippen LogP contribution >= 0.6 is 11.3 Å². The van der Waals surface area contributed by atoms with Gasteiger partial charge in [-0.05, 0) is 38.0 Å². The van der Waals surface area contributed by atoms with Gasteiger partial charge in [0.1, 0.15) is 23.0 Å². The molecule has 2 N–H and O–H groups in total. The Morgan fingerprint density at radius 1 is 0.971 bits per heavy atom. The van der Waals surface area contributed by atoms with Gasteiger partial charge in [-0.2, -0.15) is 0 Å². The zero-order valence-corrected chi connectivity index (χ0v) is 20.6. The van der Waals surface area contributed by atoms with Crippen molar-refractivity contribution in [3.8, 4) is 11.5 Å². The summed E-state index contributed by atoms with van der Waals surface area (Å²) in [6.45, 7) is 4.63. The van der Waals surface area contributed by atoms with Gasteiger partial charge in [0.15, 0.2) is 6.61 Å². The number of carbonyl (C=O) groups is 4. The maximum atomic E-state index is 12.3. The average molecular weight is 493 g/mol. The Morgan fingerprint density at radius 2 is 1.62 bits per heavy atom. The third kappa shape index (κ3) is 6.95. The highest BCUT2D eigenvalue weighted by atomic mass is 32.1. The highest BCUT2D eigenvalue weighted by Gasteiger charge is 2.23. The van der Waals surface area contributed by atoms with Gasteiger partial charge in [-0.25, -0.2) is 4.79 Å². The first-order chi connectivity index (χ1) is 16.2. The van der Waals surface area contributed by atoms with Crippen LogP contribution in [0.15, 0.2) is 18.2 Å². The number of benzene rings is 1. The minimum Gasteiger partial charge on any atom is -0.497 e. The van der Waals surface area contributed by atoms with Gasteiger partial charge in [0.05, 0.1) is 26.4 Å². The Bertz CT molecular complexity index is 1040. The molecule has 10 nitrogen and oxygen atoms in total. The monoisotopic (exact) mass is 492 g/mol. The van der Waals surface area contributed by atoms with E-state index >= 15 is 0 Å². The molecule has 0 spiro atoms. The standard InChI is InChI=1S/C23H28N2O8S/c1-6-17-13(3)34-22(20(17)23(29)32-7-2)25-18(26)12-33-19(27)11-24-21(28)14-8-15(30-4)10-16(9-14)31-5/h8-10H,6-7,11-12H2,1-5H3,(H,24,28)(H,25,26). The summed E-state index contributed by atoms with van der Waals surface area (Å²) in [4.78, 5) is 49.9. The predicted molar refractivity (Wildman–Crippen MR) is 126 cm³/mol. The molecule has 0 unspecified atom stereocenters. The highest BCUT2D eigenvalue weighted by molar-refractivity contribution is 7.16. The third-order valence-electron chi connectivity index (χ3n) is 4.67. The van der Waals surface area contributed by atoms with E-state index in [2.05, 4.69) is 10.6 Å². The molecule has 0 aliphatic carbocycles. The second-order valence-corrected chi connectivity index (χ2v) is 8.13. The molecule has 2 aromatic rings. The van der Waals surface area contributed by atoms with Crippen LogP contribution in [0, 0.1) is 6.92 Å². The lowest BCUT2D eigenvalue weighted by molar-refractivity contribution is -0.146. The number of esters is 2. The van der Waals surface area contributed by atoms with Crippen molar-refractivity contribution in [3.63, 3.8) is 0 Å². The molecule has 0 saturated carbocycles. The van der Waals surface area contributed by atoms with Gasteiger partial charge in [0.25, 0.3) is 11.8 Å². The molecule has 1 aromatic heterocycles. The number of rotatable bonds is 11. The molecule has 0 atom stereocenters. The van der Waals surface area contributed by atoms with Gasteiger partial charge in [-0.15, -0.1) is 11.3 Å². The topological polar surface area (TPSA) is 129 Å². The van der Waals surface area contributed by atoms with E-state index in [1.165, 1.54) is 37.7 Å². The molecule has 184 valence electrons. The van der Waals surface area contributed by atoms with E-state index in [1.54, 1.807) is 13.0 Å². The normalized spacial score (nSPS) is 10.3. The lowest BCUT2D eigenvalue weighted by Gasteiger charge is -2.10. The second kappa shape index (κ2) is 12.6. The molecule has 0 aliphatic heterocycles. The molecule has 2 rings (SSSR count).